The molecule has 0 saturated carbocycles. The summed E-state index contributed by atoms with van der Waals surface area (Å²) in [5, 5.41) is 6.02. The number of carbonyl (C=O) groups is 1. The molecule has 0 atom stereocenters. The zero-order chi connectivity index (χ0) is 18.7. The van der Waals surface area contributed by atoms with Gasteiger partial charge in [0.25, 0.3) is 0 Å². The molecule has 2 amide bonds. The lowest BCUT2D eigenvalue weighted by Crippen LogP contribution is -2.47. The first kappa shape index (κ1) is 19.2. The Labute approximate surface area is 161 Å². The number of rotatable bonds is 8. The minimum Gasteiger partial charge on any atom is -0.494 e. The van der Waals surface area contributed by atoms with Crippen LogP contribution in [0.2, 0.25) is 0 Å². The topological polar surface area (TPSA) is 53.6 Å². The smallest absolute Gasteiger partial charge is 0.315 e. The summed E-state index contributed by atoms with van der Waals surface area (Å²) in [5.74, 6) is 0.865. The molecule has 0 spiro atoms. The quantitative estimate of drug-likeness (QED) is 0.703. The van der Waals surface area contributed by atoms with Crippen molar-refractivity contribution in [1.82, 2.24) is 15.5 Å². The van der Waals surface area contributed by atoms with Crippen molar-refractivity contribution >= 4 is 6.03 Å². The van der Waals surface area contributed by atoms with Gasteiger partial charge in [0.2, 0.25) is 0 Å². The van der Waals surface area contributed by atoms with Gasteiger partial charge >= 0.3 is 6.03 Å². The molecule has 2 aromatic carbocycles. The van der Waals surface area contributed by atoms with Gasteiger partial charge in [-0.2, -0.15) is 0 Å². The van der Waals surface area contributed by atoms with E-state index in [0.29, 0.717) is 13.2 Å². The molecule has 1 aliphatic heterocycles. The number of para-hydroxylation sites is 1. The number of nitrogens with one attached hydrogen (secondary N) is 2. The molecular weight excluding hydrogens is 338 g/mol. The summed E-state index contributed by atoms with van der Waals surface area (Å²) in [6, 6.07) is 20.5. The molecule has 1 aliphatic rings. The van der Waals surface area contributed by atoms with Crippen LogP contribution in [0.1, 0.15) is 24.8 Å². The van der Waals surface area contributed by atoms with Gasteiger partial charge in [-0.25, -0.2) is 4.79 Å². The Morgan fingerprint density at radius 3 is 2.37 bits per heavy atom. The zero-order valence-electron chi connectivity index (χ0n) is 15.8. The number of ether oxygens (including phenoxy) is 1. The monoisotopic (exact) mass is 367 g/mol. The first-order valence-electron chi connectivity index (χ1n) is 9.78. The number of likely N-dealkylation sites (tertiary alicyclic amines) is 1. The Kier molecular flexibility index (Phi) is 7.54. The van der Waals surface area contributed by atoms with Gasteiger partial charge < -0.3 is 15.4 Å². The maximum atomic E-state index is 12.0. The molecule has 144 valence electrons. The maximum Gasteiger partial charge on any atom is 0.315 e. The van der Waals surface area contributed by atoms with E-state index in [0.717, 1.165) is 44.6 Å². The van der Waals surface area contributed by atoms with Crippen molar-refractivity contribution in [1.29, 1.82) is 0 Å². The van der Waals surface area contributed by atoms with E-state index in [-0.39, 0.29) is 12.1 Å². The molecule has 1 heterocycles. The minimum absolute atomic E-state index is 0.0729. The highest BCUT2D eigenvalue weighted by Crippen LogP contribution is 2.13. The van der Waals surface area contributed by atoms with Crippen molar-refractivity contribution in [2.24, 2.45) is 0 Å². The molecule has 2 aromatic rings. The lowest BCUT2D eigenvalue weighted by Gasteiger charge is -2.32. The first-order chi connectivity index (χ1) is 13.3. The number of hydrogen-bond donors (Lipinski definition) is 2. The highest BCUT2D eigenvalue weighted by Gasteiger charge is 2.20. The lowest BCUT2D eigenvalue weighted by molar-refractivity contribution is 0.186. The Bertz CT molecular complexity index is 670. The molecule has 0 bridgehead atoms. The van der Waals surface area contributed by atoms with Crippen molar-refractivity contribution in [3.05, 3.63) is 66.2 Å². The SMILES string of the molecule is O=C(NCCCOc1ccccc1)NC1CCN(Cc2ccccc2)CC1. The van der Waals surface area contributed by atoms with Crippen LogP contribution in [0, 0.1) is 0 Å². The van der Waals surface area contributed by atoms with Gasteiger partial charge in [-0.05, 0) is 37.0 Å². The van der Waals surface area contributed by atoms with Crippen LogP contribution in [0.3, 0.4) is 0 Å². The van der Waals surface area contributed by atoms with Crippen molar-refractivity contribution in [2.45, 2.75) is 31.8 Å². The van der Waals surface area contributed by atoms with Crippen molar-refractivity contribution in [3.63, 3.8) is 0 Å². The average molecular weight is 367 g/mol. The predicted octanol–water partition coefficient (Wildman–Crippen LogP) is 3.42. The summed E-state index contributed by atoms with van der Waals surface area (Å²) >= 11 is 0. The number of benzene rings is 2. The number of carbonyl (C=O) groups excluding carboxylic acids is 1. The molecule has 1 saturated heterocycles. The molecule has 5 nitrogen and oxygen atoms in total. The Morgan fingerprint density at radius 2 is 1.67 bits per heavy atom. The average Bonchev–Trinajstić information content (AvgIpc) is 2.71. The van der Waals surface area contributed by atoms with Crippen molar-refractivity contribution in [3.8, 4) is 5.75 Å². The molecule has 0 radical (unpaired) electrons. The second-order valence-electron chi connectivity index (χ2n) is 6.95. The molecule has 0 aromatic heterocycles. The van der Waals surface area contributed by atoms with E-state index in [4.69, 9.17) is 4.74 Å². The summed E-state index contributed by atoms with van der Waals surface area (Å²) in [6.45, 7) is 4.24. The maximum absolute atomic E-state index is 12.0. The van der Waals surface area contributed by atoms with Gasteiger partial charge in [-0.15, -0.1) is 0 Å². The highest BCUT2D eigenvalue weighted by atomic mass is 16.5. The van der Waals surface area contributed by atoms with Crippen LogP contribution in [-0.4, -0.2) is 43.2 Å². The van der Waals surface area contributed by atoms with Crippen LogP contribution in [0.5, 0.6) is 5.75 Å². The third kappa shape index (κ3) is 6.94. The van der Waals surface area contributed by atoms with Crippen molar-refractivity contribution < 1.29 is 9.53 Å². The van der Waals surface area contributed by atoms with E-state index in [9.17, 15) is 4.79 Å². The molecule has 27 heavy (non-hydrogen) atoms. The third-order valence-electron chi connectivity index (χ3n) is 4.79. The number of nitrogens with zero attached hydrogens (tertiary/aromatic N) is 1. The summed E-state index contributed by atoms with van der Waals surface area (Å²) in [7, 11) is 0. The standard InChI is InChI=1S/C22H29N3O2/c26-22(23-14-7-17-27-21-10-5-2-6-11-21)24-20-12-15-25(16-13-20)18-19-8-3-1-4-9-19/h1-6,8-11,20H,7,12-18H2,(H2,23,24,26). The van der Waals surface area contributed by atoms with E-state index in [2.05, 4.69) is 39.8 Å². The summed E-state index contributed by atoms with van der Waals surface area (Å²) in [6.07, 6.45) is 2.78. The largest absolute Gasteiger partial charge is 0.494 e. The normalized spacial score (nSPS) is 15.3. The van der Waals surface area contributed by atoms with Gasteiger partial charge in [-0.1, -0.05) is 48.5 Å². The molecule has 3 rings (SSSR count). The van der Waals surface area contributed by atoms with E-state index < -0.39 is 0 Å². The van der Waals surface area contributed by atoms with Gasteiger partial charge in [0.1, 0.15) is 5.75 Å². The van der Waals surface area contributed by atoms with Gasteiger partial charge in [-0.3, -0.25) is 4.90 Å². The number of urea groups is 1. The van der Waals surface area contributed by atoms with Gasteiger partial charge in [0.15, 0.2) is 0 Å². The minimum atomic E-state index is -0.0729. The number of hydrogen-bond acceptors (Lipinski definition) is 3. The second kappa shape index (κ2) is 10.6. The lowest BCUT2D eigenvalue weighted by atomic mass is 10.0. The van der Waals surface area contributed by atoms with Gasteiger partial charge in [0, 0.05) is 32.2 Å². The van der Waals surface area contributed by atoms with Crippen LogP contribution in [0.15, 0.2) is 60.7 Å². The first-order valence-corrected chi connectivity index (χ1v) is 9.78. The van der Waals surface area contributed by atoms with Crippen LogP contribution < -0.4 is 15.4 Å². The molecule has 0 unspecified atom stereocenters. The molecule has 1 fully saturated rings. The van der Waals surface area contributed by atoms with Crippen LogP contribution >= 0.6 is 0 Å². The highest BCUT2D eigenvalue weighted by molar-refractivity contribution is 5.74. The van der Waals surface area contributed by atoms with E-state index in [1.807, 2.05) is 36.4 Å². The van der Waals surface area contributed by atoms with E-state index in [1.54, 1.807) is 0 Å². The van der Waals surface area contributed by atoms with Crippen LogP contribution in [0.4, 0.5) is 4.79 Å². The zero-order valence-corrected chi connectivity index (χ0v) is 15.8. The fraction of sp³-hybridized carbons (Fsp3) is 0.409. The molecule has 0 aliphatic carbocycles. The second-order valence-corrected chi connectivity index (χ2v) is 6.95. The van der Waals surface area contributed by atoms with Crippen LogP contribution in [0.25, 0.3) is 0 Å². The third-order valence-corrected chi connectivity index (χ3v) is 4.79. The van der Waals surface area contributed by atoms with Crippen molar-refractivity contribution in [2.75, 3.05) is 26.2 Å². The Hall–Kier alpha value is -2.53. The molecule has 2 N–H and O–H groups in total. The number of amides is 2. The molecule has 5 heteroatoms. The van der Waals surface area contributed by atoms with Gasteiger partial charge in [0.05, 0.1) is 6.61 Å². The van der Waals surface area contributed by atoms with Crippen LogP contribution in [-0.2, 0) is 6.54 Å². The van der Waals surface area contributed by atoms with E-state index >= 15 is 0 Å². The fourth-order valence-corrected chi connectivity index (χ4v) is 3.29. The van der Waals surface area contributed by atoms with E-state index in [1.165, 1.54) is 5.56 Å². The summed E-state index contributed by atoms with van der Waals surface area (Å²) in [4.78, 5) is 14.5. The number of piperidine rings is 1. The predicted molar refractivity (Wildman–Crippen MR) is 108 cm³/mol. The fourth-order valence-electron chi connectivity index (χ4n) is 3.29. The summed E-state index contributed by atoms with van der Waals surface area (Å²) < 4.78 is 5.62. The Morgan fingerprint density at radius 1 is 1.00 bits per heavy atom. The Balaban J connectivity index is 1.25. The summed E-state index contributed by atoms with van der Waals surface area (Å²) in [5.41, 5.74) is 1.35. The molecular formula is C22H29N3O2.